The van der Waals surface area contributed by atoms with Crippen LogP contribution in [0.25, 0.3) is 0 Å². The van der Waals surface area contributed by atoms with Crippen molar-refractivity contribution < 1.29 is 10.2 Å². The highest BCUT2D eigenvalue weighted by Gasteiger charge is 2.21. The van der Waals surface area contributed by atoms with Crippen LogP contribution >= 0.6 is 0 Å². The monoisotopic (exact) mass is 164 g/mol. The largest absolute Gasteiger partial charge is 0.508 e. The summed E-state index contributed by atoms with van der Waals surface area (Å²) in [4.78, 5) is 0. The Morgan fingerprint density at radius 3 is 2.83 bits per heavy atom. The third-order valence-electron chi connectivity index (χ3n) is 1.92. The van der Waals surface area contributed by atoms with Crippen molar-refractivity contribution in [1.82, 2.24) is 0 Å². The molecule has 0 aromatic heterocycles. The van der Waals surface area contributed by atoms with Crippen LogP contribution < -0.4 is 0 Å². The molecule has 2 N–H and O–H groups in total. The number of allylic oxidation sites excluding steroid dienone is 2. The number of hydrogen-bond donors (Lipinski definition) is 2. The Morgan fingerprint density at radius 1 is 1.75 bits per heavy atom. The minimum atomic E-state index is -1.02. The van der Waals surface area contributed by atoms with Crippen molar-refractivity contribution in [2.45, 2.75) is 18.9 Å². The summed E-state index contributed by atoms with van der Waals surface area (Å²) in [7, 11) is 0. The van der Waals surface area contributed by atoms with Gasteiger partial charge in [0.25, 0.3) is 0 Å². The van der Waals surface area contributed by atoms with Gasteiger partial charge in [0, 0.05) is 18.1 Å². The summed E-state index contributed by atoms with van der Waals surface area (Å²) in [6, 6.07) is 0. The Labute approximate surface area is 71.8 Å². The molecule has 1 aliphatic carbocycles. The molecule has 1 aliphatic rings. The lowest BCUT2D eigenvalue weighted by Gasteiger charge is -2.20. The van der Waals surface area contributed by atoms with Gasteiger partial charge in [-0.3, -0.25) is 0 Å². The second kappa shape index (κ2) is 3.02. The van der Waals surface area contributed by atoms with Crippen LogP contribution in [0.15, 0.2) is 41.9 Å². The lowest BCUT2D eigenvalue weighted by molar-refractivity contribution is 0.149. The van der Waals surface area contributed by atoms with Crippen LogP contribution in [0.4, 0.5) is 0 Å². The van der Waals surface area contributed by atoms with E-state index in [1.54, 1.807) is 13.0 Å². The third kappa shape index (κ3) is 1.67. The van der Waals surface area contributed by atoms with Gasteiger partial charge < -0.3 is 10.2 Å². The molecule has 1 rings (SSSR count). The van der Waals surface area contributed by atoms with Crippen LogP contribution in [-0.4, -0.2) is 15.8 Å². The van der Waals surface area contributed by atoms with E-state index in [4.69, 9.17) is 5.11 Å². The zero-order chi connectivity index (χ0) is 9.19. The van der Waals surface area contributed by atoms with Crippen molar-refractivity contribution in [2.24, 2.45) is 0 Å². The van der Waals surface area contributed by atoms with Crippen LogP contribution in [-0.2, 0) is 0 Å². The maximum atomic E-state index is 9.69. The molecule has 0 radical (unpaired) electrons. The minimum absolute atomic E-state index is 0.193. The molecule has 0 saturated heterocycles. The van der Waals surface area contributed by atoms with E-state index < -0.39 is 5.60 Å². The fraction of sp³-hybridized carbons (Fsp3) is 0.300. The summed E-state index contributed by atoms with van der Waals surface area (Å²) in [5.74, 6) is 0.193. The van der Waals surface area contributed by atoms with E-state index in [9.17, 15) is 5.11 Å². The maximum Gasteiger partial charge on any atom is 0.119 e. The Morgan fingerprint density at radius 2 is 2.42 bits per heavy atom. The average molecular weight is 164 g/mol. The van der Waals surface area contributed by atoms with Gasteiger partial charge in [0.2, 0.25) is 0 Å². The van der Waals surface area contributed by atoms with Crippen molar-refractivity contribution in [3.05, 3.63) is 41.9 Å². The van der Waals surface area contributed by atoms with Gasteiger partial charge in [-0.2, -0.15) is 0 Å². The van der Waals surface area contributed by atoms with Gasteiger partial charge in [-0.25, -0.2) is 0 Å². The molecular weight excluding hydrogens is 152 g/mol. The van der Waals surface area contributed by atoms with E-state index in [-0.39, 0.29) is 5.76 Å². The van der Waals surface area contributed by atoms with Crippen molar-refractivity contribution in [2.75, 3.05) is 0 Å². The summed E-state index contributed by atoms with van der Waals surface area (Å²) in [6.07, 6.45) is 5.04. The van der Waals surface area contributed by atoms with Gasteiger partial charge in [-0.1, -0.05) is 12.7 Å². The second-order valence-electron chi connectivity index (χ2n) is 2.95. The van der Waals surface area contributed by atoms with E-state index in [1.807, 2.05) is 0 Å². The first-order chi connectivity index (χ1) is 5.56. The molecule has 0 aromatic carbocycles. The van der Waals surface area contributed by atoms with Crippen molar-refractivity contribution in [3.63, 3.8) is 0 Å². The van der Waals surface area contributed by atoms with Crippen LogP contribution in [0, 0.1) is 0 Å². The smallest absolute Gasteiger partial charge is 0.119 e. The molecule has 0 aliphatic heterocycles. The van der Waals surface area contributed by atoms with Crippen molar-refractivity contribution in [1.29, 1.82) is 0 Å². The first-order valence-electron chi connectivity index (χ1n) is 3.77. The molecule has 0 bridgehead atoms. The van der Waals surface area contributed by atoms with Gasteiger partial charge in [0.15, 0.2) is 0 Å². The van der Waals surface area contributed by atoms with E-state index in [0.717, 1.165) is 5.57 Å². The van der Waals surface area contributed by atoms with Gasteiger partial charge >= 0.3 is 0 Å². The second-order valence-corrected chi connectivity index (χ2v) is 2.95. The Balaban J connectivity index is 2.95. The third-order valence-corrected chi connectivity index (χ3v) is 1.92. The quantitative estimate of drug-likeness (QED) is 0.483. The normalized spacial score (nSPS) is 20.8. The molecule has 2 nitrogen and oxygen atoms in total. The zero-order valence-corrected chi connectivity index (χ0v) is 7.04. The molecule has 0 unspecified atom stereocenters. The zero-order valence-electron chi connectivity index (χ0n) is 7.04. The fourth-order valence-corrected chi connectivity index (χ4v) is 0.961. The Hall–Kier alpha value is -1.24. The predicted octanol–water partition coefficient (Wildman–Crippen LogP) is 1.85. The lowest BCUT2D eigenvalue weighted by Crippen LogP contribution is -2.23. The van der Waals surface area contributed by atoms with Gasteiger partial charge in [0.1, 0.15) is 11.4 Å². The first kappa shape index (κ1) is 8.85. The van der Waals surface area contributed by atoms with Crippen LogP contribution in [0.3, 0.4) is 0 Å². The Bertz CT molecular complexity index is 289. The summed E-state index contributed by atoms with van der Waals surface area (Å²) in [5, 5.41) is 18.7. The van der Waals surface area contributed by atoms with Crippen LogP contribution in [0.2, 0.25) is 0 Å². The van der Waals surface area contributed by atoms with Gasteiger partial charge in [-0.15, -0.1) is 5.73 Å². The maximum absolute atomic E-state index is 9.69. The average Bonchev–Trinajstić information content (AvgIpc) is 2.05. The molecule has 0 spiro atoms. The highest BCUT2D eigenvalue weighted by atomic mass is 16.3. The number of aliphatic hydroxyl groups excluding tert-OH is 1. The lowest BCUT2D eigenvalue weighted by atomic mass is 9.92. The van der Waals surface area contributed by atoms with Crippen LogP contribution in [0.5, 0.6) is 0 Å². The summed E-state index contributed by atoms with van der Waals surface area (Å²) < 4.78 is 0. The van der Waals surface area contributed by atoms with E-state index >= 15 is 0 Å². The first-order valence-corrected chi connectivity index (χ1v) is 3.77. The van der Waals surface area contributed by atoms with E-state index in [2.05, 4.69) is 12.3 Å². The number of rotatable bonds is 2. The fourth-order valence-electron chi connectivity index (χ4n) is 0.961. The van der Waals surface area contributed by atoms with Gasteiger partial charge in [-0.05, 0) is 13.0 Å². The Kier molecular flexibility index (Phi) is 2.22. The molecule has 0 heterocycles. The molecule has 0 fully saturated rings. The molecule has 12 heavy (non-hydrogen) atoms. The summed E-state index contributed by atoms with van der Waals surface area (Å²) >= 11 is 0. The summed E-state index contributed by atoms with van der Waals surface area (Å²) in [6.45, 7) is 5.16. The van der Waals surface area contributed by atoms with E-state index in [1.165, 1.54) is 12.2 Å². The minimum Gasteiger partial charge on any atom is -0.508 e. The highest BCUT2D eigenvalue weighted by Crippen LogP contribution is 2.22. The predicted molar refractivity (Wildman–Crippen MR) is 47.7 cm³/mol. The van der Waals surface area contributed by atoms with E-state index in [0.29, 0.717) is 6.42 Å². The molecule has 1 atom stereocenters. The molecule has 0 aromatic rings. The summed E-state index contributed by atoms with van der Waals surface area (Å²) in [5.41, 5.74) is 2.51. The molecule has 0 amide bonds. The molecule has 0 saturated carbocycles. The number of aliphatic hydroxyl groups is 2. The molecule has 2 heteroatoms. The highest BCUT2D eigenvalue weighted by molar-refractivity contribution is 5.30. The SMILES string of the molecule is C=C[C@](C)(O)C1=C=CC(O)=CC1. The molecule has 64 valence electrons. The number of hydrogen-bond acceptors (Lipinski definition) is 2. The van der Waals surface area contributed by atoms with Gasteiger partial charge in [0.05, 0.1) is 0 Å². The van der Waals surface area contributed by atoms with Crippen molar-refractivity contribution >= 4 is 0 Å². The molecular formula is C10H12O2. The van der Waals surface area contributed by atoms with Crippen LogP contribution in [0.1, 0.15) is 13.3 Å². The topological polar surface area (TPSA) is 40.5 Å². The van der Waals surface area contributed by atoms with Crippen molar-refractivity contribution in [3.8, 4) is 0 Å². The standard InChI is InChI=1S/C10H12O2/c1-3-10(2,12)8-4-6-9(11)7-5-8/h3,6-7,11-12H,1,4H2,2H3/t10-/m0/s1.